The van der Waals surface area contributed by atoms with E-state index in [9.17, 15) is 18.4 Å². The summed E-state index contributed by atoms with van der Waals surface area (Å²) in [5.41, 5.74) is 0.957. The van der Waals surface area contributed by atoms with Crippen LogP contribution in [0, 0.1) is 17.6 Å². The highest BCUT2D eigenvalue weighted by atomic mass is 19.1. The average molecular weight is 388 g/mol. The maximum atomic E-state index is 14.1. The minimum Gasteiger partial charge on any atom is -0.354 e. The van der Waals surface area contributed by atoms with Crippen LogP contribution < -0.4 is 5.32 Å². The lowest BCUT2D eigenvalue weighted by molar-refractivity contribution is -0.140. The number of carbonyl (C=O) groups excluding carboxylic acids is 2. The highest BCUT2D eigenvalue weighted by molar-refractivity contribution is 5.88. The van der Waals surface area contributed by atoms with Crippen molar-refractivity contribution in [3.63, 3.8) is 0 Å². The van der Waals surface area contributed by atoms with Gasteiger partial charge in [-0.1, -0.05) is 44.2 Å². The van der Waals surface area contributed by atoms with E-state index < -0.39 is 11.9 Å². The number of rotatable bonds is 8. The van der Waals surface area contributed by atoms with E-state index in [0.717, 1.165) is 0 Å². The monoisotopic (exact) mass is 388 g/mol. The molecule has 0 fully saturated rings. The number of amides is 2. The Morgan fingerprint density at radius 1 is 1.00 bits per heavy atom. The number of nitrogens with zero attached hydrogens (tertiary/aromatic N) is 1. The Bertz CT molecular complexity index is 806. The van der Waals surface area contributed by atoms with Gasteiger partial charge in [-0.3, -0.25) is 9.59 Å². The normalized spacial score (nSPS) is 11.9. The van der Waals surface area contributed by atoms with Gasteiger partial charge in [-0.15, -0.1) is 0 Å². The Kier molecular flexibility index (Phi) is 7.67. The van der Waals surface area contributed by atoms with Gasteiger partial charge in [-0.05, 0) is 36.6 Å². The van der Waals surface area contributed by atoms with Crippen LogP contribution in [0.3, 0.4) is 0 Å². The molecule has 0 heterocycles. The van der Waals surface area contributed by atoms with Gasteiger partial charge in [0.25, 0.3) is 0 Å². The maximum absolute atomic E-state index is 14.1. The summed E-state index contributed by atoms with van der Waals surface area (Å²) in [5, 5.41) is 2.81. The fraction of sp³-hybridized carbons (Fsp3) is 0.364. The van der Waals surface area contributed by atoms with Crippen LogP contribution in [-0.2, 0) is 22.6 Å². The van der Waals surface area contributed by atoms with E-state index in [4.69, 9.17) is 0 Å². The van der Waals surface area contributed by atoms with Crippen molar-refractivity contribution in [3.8, 4) is 0 Å². The van der Waals surface area contributed by atoms with E-state index in [1.807, 2.05) is 13.8 Å². The predicted octanol–water partition coefficient (Wildman–Crippen LogP) is 3.70. The largest absolute Gasteiger partial charge is 0.354 e. The molecule has 0 saturated carbocycles. The molecule has 0 radical (unpaired) electrons. The molecule has 2 aromatic carbocycles. The summed E-state index contributed by atoms with van der Waals surface area (Å²) in [6.45, 7) is 6.04. The van der Waals surface area contributed by atoms with E-state index in [2.05, 4.69) is 5.32 Å². The summed E-state index contributed by atoms with van der Waals surface area (Å²) in [4.78, 5) is 26.8. The minimum absolute atomic E-state index is 0.00344. The minimum atomic E-state index is -0.772. The van der Waals surface area contributed by atoms with Gasteiger partial charge in [0.05, 0.1) is 6.42 Å². The zero-order valence-electron chi connectivity index (χ0n) is 16.4. The Labute approximate surface area is 164 Å². The van der Waals surface area contributed by atoms with Crippen molar-refractivity contribution < 1.29 is 18.4 Å². The molecule has 1 N–H and O–H groups in total. The zero-order chi connectivity index (χ0) is 20.7. The molecule has 0 spiro atoms. The summed E-state index contributed by atoms with van der Waals surface area (Å²) < 4.78 is 27.2. The smallest absolute Gasteiger partial charge is 0.242 e. The van der Waals surface area contributed by atoms with Crippen molar-refractivity contribution in [2.45, 2.75) is 39.8 Å². The summed E-state index contributed by atoms with van der Waals surface area (Å²) in [6, 6.07) is 11.0. The van der Waals surface area contributed by atoms with Crippen LogP contribution in [0.4, 0.5) is 8.78 Å². The van der Waals surface area contributed by atoms with Crippen LogP contribution in [0.1, 0.15) is 31.9 Å². The molecule has 2 aromatic rings. The van der Waals surface area contributed by atoms with Crippen molar-refractivity contribution in [1.82, 2.24) is 10.2 Å². The molecule has 28 heavy (non-hydrogen) atoms. The lowest BCUT2D eigenvalue weighted by Crippen LogP contribution is -2.48. The van der Waals surface area contributed by atoms with Crippen LogP contribution in [-0.4, -0.2) is 29.3 Å². The van der Waals surface area contributed by atoms with Gasteiger partial charge >= 0.3 is 0 Å². The number of carbonyl (C=O) groups is 2. The van der Waals surface area contributed by atoms with E-state index in [1.54, 1.807) is 25.1 Å². The second-order valence-corrected chi connectivity index (χ2v) is 7.23. The molecule has 2 rings (SSSR count). The molecule has 1 atom stereocenters. The van der Waals surface area contributed by atoms with Gasteiger partial charge in [-0.2, -0.15) is 0 Å². The topological polar surface area (TPSA) is 49.4 Å². The highest BCUT2D eigenvalue weighted by Gasteiger charge is 2.27. The Morgan fingerprint density at radius 3 is 2.25 bits per heavy atom. The van der Waals surface area contributed by atoms with E-state index in [-0.39, 0.29) is 36.5 Å². The molecule has 0 aliphatic rings. The summed E-state index contributed by atoms with van der Waals surface area (Å²) in [5.74, 6) is -1.18. The first-order valence-corrected chi connectivity index (χ1v) is 9.33. The lowest BCUT2D eigenvalue weighted by atomic mass is 10.1. The third-order valence-corrected chi connectivity index (χ3v) is 4.42. The van der Waals surface area contributed by atoms with Crippen molar-refractivity contribution in [3.05, 3.63) is 71.3 Å². The van der Waals surface area contributed by atoms with E-state index >= 15 is 0 Å². The third-order valence-electron chi connectivity index (χ3n) is 4.42. The fourth-order valence-electron chi connectivity index (χ4n) is 2.72. The van der Waals surface area contributed by atoms with Crippen molar-refractivity contribution >= 4 is 11.8 Å². The first-order chi connectivity index (χ1) is 13.3. The van der Waals surface area contributed by atoms with Gasteiger partial charge in [0.1, 0.15) is 17.7 Å². The standard InChI is InChI=1S/C22H26F2N2O2/c1-15(2)13-25-22(28)16(3)26(14-18-6-4-5-7-20(18)24)21(27)12-17-8-10-19(23)11-9-17/h4-11,15-16H,12-14H2,1-3H3,(H,25,28)/t16-/m0/s1. The molecule has 2 amide bonds. The molecule has 0 aliphatic carbocycles. The number of halogens is 2. The van der Waals surface area contributed by atoms with Crippen molar-refractivity contribution in [2.24, 2.45) is 5.92 Å². The van der Waals surface area contributed by atoms with Crippen LogP contribution in [0.5, 0.6) is 0 Å². The SMILES string of the molecule is CC(C)CNC(=O)[C@H](C)N(Cc1ccccc1F)C(=O)Cc1ccc(F)cc1. The number of hydrogen-bond acceptors (Lipinski definition) is 2. The summed E-state index contributed by atoms with van der Waals surface area (Å²) in [7, 11) is 0. The van der Waals surface area contributed by atoms with Gasteiger partial charge < -0.3 is 10.2 Å². The van der Waals surface area contributed by atoms with E-state index in [1.165, 1.54) is 35.2 Å². The summed E-state index contributed by atoms with van der Waals surface area (Å²) >= 11 is 0. The molecule has 4 nitrogen and oxygen atoms in total. The highest BCUT2D eigenvalue weighted by Crippen LogP contribution is 2.15. The Balaban J connectivity index is 2.21. The first kappa shape index (κ1) is 21.5. The van der Waals surface area contributed by atoms with Gasteiger partial charge in [0.2, 0.25) is 11.8 Å². The molecule has 0 unspecified atom stereocenters. The number of benzene rings is 2. The van der Waals surface area contributed by atoms with E-state index in [0.29, 0.717) is 17.7 Å². The zero-order valence-corrected chi connectivity index (χ0v) is 16.4. The average Bonchev–Trinajstić information content (AvgIpc) is 2.66. The molecule has 0 saturated heterocycles. The molecule has 0 aliphatic heterocycles. The molecular formula is C22H26F2N2O2. The first-order valence-electron chi connectivity index (χ1n) is 9.33. The third kappa shape index (κ3) is 6.15. The molecular weight excluding hydrogens is 362 g/mol. The molecule has 6 heteroatoms. The van der Waals surface area contributed by atoms with Crippen LogP contribution in [0.25, 0.3) is 0 Å². The maximum Gasteiger partial charge on any atom is 0.242 e. The number of hydrogen-bond donors (Lipinski definition) is 1. The van der Waals surface area contributed by atoms with Crippen LogP contribution in [0.15, 0.2) is 48.5 Å². The molecule has 0 aromatic heterocycles. The second kappa shape index (κ2) is 9.97. The van der Waals surface area contributed by atoms with Gasteiger partial charge in [0, 0.05) is 18.7 Å². The Hall–Kier alpha value is -2.76. The quantitative estimate of drug-likeness (QED) is 0.750. The molecule has 0 bridgehead atoms. The summed E-state index contributed by atoms with van der Waals surface area (Å²) in [6.07, 6.45) is -0.00344. The van der Waals surface area contributed by atoms with Gasteiger partial charge in [0.15, 0.2) is 0 Å². The van der Waals surface area contributed by atoms with Crippen LogP contribution >= 0.6 is 0 Å². The predicted molar refractivity (Wildman–Crippen MR) is 104 cm³/mol. The second-order valence-electron chi connectivity index (χ2n) is 7.23. The fourth-order valence-corrected chi connectivity index (χ4v) is 2.72. The molecule has 150 valence electrons. The lowest BCUT2D eigenvalue weighted by Gasteiger charge is -2.29. The van der Waals surface area contributed by atoms with Crippen molar-refractivity contribution in [2.75, 3.05) is 6.54 Å². The van der Waals surface area contributed by atoms with Crippen molar-refractivity contribution in [1.29, 1.82) is 0 Å². The van der Waals surface area contributed by atoms with Crippen LogP contribution in [0.2, 0.25) is 0 Å². The number of nitrogens with one attached hydrogen (secondary N) is 1. The van der Waals surface area contributed by atoms with Gasteiger partial charge in [-0.25, -0.2) is 8.78 Å². The Morgan fingerprint density at radius 2 is 1.64 bits per heavy atom.